The van der Waals surface area contributed by atoms with Crippen molar-refractivity contribution in [2.75, 3.05) is 0 Å². The molecule has 0 aliphatic heterocycles. The van der Waals surface area contributed by atoms with E-state index in [2.05, 4.69) is 17.9 Å². The molecule has 1 aromatic heterocycles. The average Bonchev–Trinajstić information content (AvgIpc) is 1.87. The van der Waals surface area contributed by atoms with Crippen LogP contribution >= 0.6 is 24.4 Å². The van der Waals surface area contributed by atoms with E-state index in [4.69, 9.17) is 11.6 Å². The van der Waals surface area contributed by atoms with Gasteiger partial charge in [-0.25, -0.2) is 4.09 Å². The lowest BCUT2D eigenvalue weighted by Gasteiger charge is -1.75. The maximum absolute atomic E-state index is 5.43. The predicted octanol–water partition coefficient (Wildman–Crippen LogP) is 1.23. The molecule has 0 bridgehead atoms. The van der Waals surface area contributed by atoms with E-state index in [0.29, 0.717) is 5.02 Å². The Labute approximate surface area is 51.6 Å². The van der Waals surface area contributed by atoms with Crippen molar-refractivity contribution in [3.63, 3.8) is 0 Å². The molecule has 0 atom stereocenters. The Hall–Kier alpha value is -0.150. The Morgan fingerprint density at radius 1 is 1.86 bits per heavy atom. The van der Waals surface area contributed by atoms with Crippen molar-refractivity contribution in [3.8, 4) is 0 Å². The van der Waals surface area contributed by atoms with Crippen LogP contribution in [-0.2, 0) is 0 Å². The van der Waals surface area contributed by atoms with Gasteiger partial charge in [0.2, 0.25) is 0 Å². The molecule has 0 aliphatic rings. The van der Waals surface area contributed by atoms with Crippen molar-refractivity contribution in [1.82, 2.24) is 9.19 Å². The third-order valence-corrected chi connectivity index (χ3v) is 0.952. The molecule has 0 amide bonds. The number of aromatic nitrogens is 2. The van der Waals surface area contributed by atoms with E-state index < -0.39 is 0 Å². The van der Waals surface area contributed by atoms with Crippen LogP contribution < -0.4 is 0 Å². The molecule has 1 aromatic rings. The molecule has 0 aliphatic carbocycles. The molecule has 0 unspecified atom stereocenters. The fourth-order valence-electron chi connectivity index (χ4n) is 0.291. The second-order valence-corrected chi connectivity index (χ2v) is 1.93. The van der Waals surface area contributed by atoms with E-state index in [1.165, 1.54) is 10.3 Å². The summed E-state index contributed by atoms with van der Waals surface area (Å²) in [6.45, 7) is 0. The molecule has 0 spiro atoms. The minimum absolute atomic E-state index is 0.606. The van der Waals surface area contributed by atoms with Crippen LogP contribution in [0.25, 0.3) is 0 Å². The van der Waals surface area contributed by atoms with Crippen molar-refractivity contribution in [1.29, 1.82) is 0 Å². The molecule has 0 saturated heterocycles. The van der Waals surface area contributed by atoms with Gasteiger partial charge in [0.05, 0.1) is 17.4 Å². The Morgan fingerprint density at radius 2 is 2.57 bits per heavy atom. The van der Waals surface area contributed by atoms with Crippen molar-refractivity contribution in [2.24, 2.45) is 0 Å². The number of thiol groups is 1. The smallest absolute Gasteiger partial charge is 0.0796 e. The number of hydrogen-bond acceptors (Lipinski definition) is 2. The van der Waals surface area contributed by atoms with Gasteiger partial charge < -0.3 is 0 Å². The summed E-state index contributed by atoms with van der Waals surface area (Å²) in [5.74, 6) is 0. The summed E-state index contributed by atoms with van der Waals surface area (Å²) in [7, 11) is 0. The van der Waals surface area contributed by atoms with Crippen LogP contribution in [0.4, 0.5) is 0 Å². The summed E-state index contributed by atoms with van der Waals surface area (Å²) < 4.78 is 1.35. The highest BCUT2D eigenvalue weighted by Crippen LogP contribution is 2.03. The third kappa shape index (κ3) is 1.11. The first kappa shape index (κ1) is 5.00. The van der Waals surface area contributed by atoms with Crippen LogP contribution in [0.2, 0.25) is 5.02 Å². The lowest BCUT2D eigenvalue weighted by atomic mass is 10.8. The molecule has 38 valence electrons. The van der Waals surface area contributed by atoms with Crippen LogP contribution in [0, 0.1) is 0 Å². The Kier molecular flexibility index (Phi) is 1.25. The van der Waals surface area contributed by atoms with Gasteiger partial charge in [0.15, 0.2) is 0 Å². The zero-order valence-electron chi connectivity index (χ0n) is 3.37. The van der Waals surface area contributed by atoms with Gasteiger partial charge in [-0.3, -0.25) is 0 Å². The highest BCUT2D eigenvalue weighted by molar-refractivity contribution is 7.78. The Morgan fingerprint density at radius 3 is 2.71 bits per heavy atom. The van der Waals surface area contributed by atoms with E-state index in [9.17, 15) is 0 Å². The van der Waals surface area contributed by atoms with Gasteiger partial charge in [0, 0.05) is 0 Å². The minimum Gasteiger partial charge on any atom is -0.216 e. The topological polar surface area (TPSA) is 17.8 Å². The van der Waals surface area contributed by atoms with Crippen molar-refractivity contribution < 1.29 is 0 Å². The average molecular weight is 135 g/mol. The van der Waals surface area contributed by atoms with Crippen molar-refractivity contribution >= 4 is 24.4 Å². The molecule has 0 fully saturated rings. The summed E-state index contributed by atoms with van der Waals surface area (Å²) in [6, 6.07) is 0. The van der Waals surface area contributed by atoms with Crippen LogP contribution in [0.15, 0.2) is 12.4 Å². The molecule has 4 heteroatoms. The summed E-state index contributed by atoms with van der Waals surface area (Å²) in [5, 5.41) is 4.27. The second-order valence-electron chi connectivity index (χ2n) is 1.08. The number of rotatable bonds is 0. The number of nitrogens with zero attached hydrogens (tertiary/aromatic N) is 2. The van der Waals surface area contributed by atoms with Crippen LogP contribution in [0.1, 0.15) is 0 Å². The summed E-state index contributed by atoms with van der Waals surface area (Å²) >= 11 is 9.25. The van der Waals surface area contributed by atoms with Crippen molar-refractivity contribution in [3.05, 3.63) is 17.4 Å². The zero-order valence-corrected chi connectivity index (χ0v) is 5.02. The lowest BCUT2D eigenvalue weighted by molar-refractivity contribution is 1.02. The first-order valence-electron chi connectivity index (χ1n) is 1.68. The predicted molar refractivity (Wildman–Crippen MR) is 31.6 cm³/mol. The molecule has 0 saturated carbocycles. The minimum atomic E-state index is 0.606. The monoisotopic (exact) mass is 134 g/mol. The molecular weight excluding hydrogens is 132 g/mol. The molecule has 7 heavy (non-hydrogen) atoms. The number of hydrogen-bond donors (Lipinski definition) is 1. The summed E-state index contributed by atoms with van der Waals surface area (Å²) in [6.07, 6.45) is 3.12. The summed E-state index contributed by atoms with van der Waals surface area (Å²) in [5.41, 5.74) is 0. The normalized spacial score (nSPS) is 9.43. The van der Waals surface area contributed by atoms with Gasteiger partial charge >= 0.3 is 0 Å². The van der Waals surface area contributed by atoms with E-state index >= 15 is 0 Å². The maximum Gasteiger partial charge on any atom is 0.0796 e. The zero-order chi connectivity index (χ0) is 5.28. The van der Waals surface area contributed by atoms with E-state index in [1.54, 1.807) is 6.20 Å². The third-order valence-electron chi connectivity index (χ3n) is 0.538. The summed E-state index contributed by atoms with van der Waals surface area (Å²) in [4.78, 5) is 0. The molecule has 2 nitrogen and oxygen atoms in total. The molecule has 0 N–H and O–H groups in total. The first-order chi connectivity index (χ1) is 3.29. The van der Waals surface area contributed by atoms with Gasteiger partial charge in [-0.15, -0.1) is 0 Å². The highest BCUT2D eigenvalue weighted by atomic mass is 35.5. The maximum atomic E-state index is 5.43. The van der Waals surface area contributed by atoms with E-state index in [-0.39, 0.29) is 0 Å². The van der Waals surface area contributed by atoms with Crippen LogP contribution in [0.5, 0.6) is 0 Å². The quantitative estimate of drug-likeness (QED) is 0.529. The molecule has 0 aromatic carbocycles. The second kappa shape index (κ2) is 1.76. The van der Waals surface area contributed by atoms with E-state index in [0.717, 1.165) is 0 Å². The SMILES string of the molecule is Sn1cc(Cl)cn1. The lowest BCUT2D eigenvalue weighted by Crippen LogP contribution is -1.73. The van der Waals surface area contributed by atoms with Gasteiger partial charge in [-0.1, -0.05) is 11.6 Å². The molecule has 1 rings (SSSR count). The van der Waals surface area contributed by atoms with Gasteiger partial charge in [-0.2, -0.15) is 5.10 Å². The van der Waals surface area contributed by atoms with Gasteiger partial charge in [0.1, 0.15) is 0 Å². The standard InChI is InChI=1S/C3H3ClN2S/c4-3-1-5-6(7)2-3/h1-2,7H. The van der Waals surface area contributed by atoms with Crippen molar-refractivity contribution in [2.45, 2.75) is 0 Å². The van der Waals surface area contributed by atoms with E-state index in [1.807, 2.05) is 0 Å². The number of halogens is 1. The Balaban J connectivity index is 3.04. The Bertz CT molecular complexity index is 145. The van der Waals surface area contributed by atoms with Gasteiger partial charge in [-0.05, 0) is 12.8 Å². The first-order valence-corrected chi connectivity index (χ1v) is 2.46. The van der Waals surface area contributed by atoms with Crippen LogP contribution in [-0.4, -0.2) is 9.19 Å². The highest BCUT2D eigenvalue weighted by Gasteiger charge is 1.85. The molecular formula is C3H3ClN2S. The van der Waals surface area contributed by atoms with Crippen LogP contribution in [0.3, 0.4) is 0 Å². The molecule has 1 heterocycles. The molecule has 0 radical (unpaired) electrons. The van der Waals surface area contributed by atoms with Gasteiger partial charge in [0.25, 0.3) is 0 Å². The fourth-order valence-corrected chi connectivity index (χ4v) is 0.671. The fraction of sp³-hybridized carbons (Fsp3) is 0. The largest absolute Gasteiger partial charge is 0.216 e.